The van der Waals surface area contributed by atoms with Crippen LogP contribution in [0.3, 0.4) is 0 Å². The molecular weight excluding hydrogens is 371 g/mol. The van der Waals surface area contributed by atoms with E-state index in [-0.39, 0.29) is 40.0 Å². The third kappa shape index (κ3) is 4.93. The highest BCUT2D eigenvalue weighted by Crippen LogP contribution is 2.34. The first-order valence-corrected chi connectivity index (χ1v) is 9.46. The van der Waals surface area contributed by atoms with Crippen molar-refractivity contribution < 1.29 is 27.4 Å². The second kappa shape index (κ2) is 7.84. The van der Waals surface area contributed by atoms with Crippen molar-refractivity contribution in [1.29, 1.82) is 0 Å². The molecule has 2 aromatic carbocycles. The zero-order valence-electron chi connectivity index (χ0n) is 13.3. The highest BCUT2D eigenvalue weighted by Gasteiger charge is 2.16. The van der Waals surface area contributed by atoms with Gasteiger partial charge >= 0.3 is 5.97 Å². The van der Waals surface area contributed by atoms with E-state index < -0.39 is 21.6 Å². The first kappa shape index (κ1) is 19.2. The Labute approximate surface area is 149 Å². The van der Waals surface area contributed by atoms with Gasteiger partial charge in [-0.05, 0) is 36.2 Å². The average Bonchev–Trinajstić information content (AvgIpc) is 2.55. The van der Waals surface area contributed by atoms with Crippen molar-refractivity contribution in [2.75, 3.05) is 5.75 Å². The largest absolute Gasteiger partial charge is 0.481 e. The number of carboxylic acids is 1. The van der Waals surface area contributed by atoms with Crippen LogP contribution in [0.25, 0.3) is 0 Å². The maximum Gasteiger partial charge on any atom is 0.303 e. The molecule has 0 heterocycles. The Morgan fingerprint density at radius 2 is 1.92 bits per heavy atom. The van der Waals surface area contributed by atoms with Crippen molar-refractivity contribution in [2.45, 2.75) is 24.7 Å². The molecule has 0 radical (unpaired) electrons. The van der Waals surface area contributed by atoms with Crippen LogP contribution in [0.15, 0.2) is 41.3 Å². The molecule has 0 aromatic heterocycles. The van der Waals surface area contributed by atoms with Gasteiger partial charge < -0.3 is 9.84 Å². The molecule has 0 bridgehead atoms. The zero-order valence-corrected chi connectivity index (χ0v) is 14.9. The van der Waals surface area contributed by atoms with E-state index in [2.05, 4.69) is 0 Å². The van der Waals surface area contributed by atoms with Crippen molar-refractivity contribution in [1.82, 2.24) is 0 Å². The molecule has 25 heavy (non-hydrogen) atoms. The minimum atomic E-state index is -3.41. The highest BCUT2D eigenvalue weighted by atomic mass is 35.5. The molecule has 0 atom stereocenters. The first-order valence-electron chi connectivity index (χ1n) is 7.43. The van der Waals surface area contributed by atoms with E-state index in [0.29, 0.717) is 5.56 Å². The van der Waals surface area contributed by atoms with Crippen LogP contribution in [0.5, 0.6) is 11.5 Å². The monoisotopic (exact) mass is 386 g/mol. The SMILES string of the molecule is CCS(=O)(=O)c1ccc(Oc2cc(F)ccc2CCC(=O)O)c(Cl)c1. The summed E-state index contributed by atoms with van der Waals surface area (Å²) in [5.74, 6) is -1.31. The van der Waals surface area contributed by atoms with Gasteiger partial charge in [0.15, 0.2) is 9.84 Å². The Balaban J connectivity index is 2.33. The fraction of sp³-hybridized carbons (Fsp3) is 0.235. The predicted octanol–water partition coefficient (Wildman–Crippen LogP) is 4.08. The predicted molar refractivity (Wildman–Crippen MR) is 91.6 cm³/mol. The number of carboxylic acid groups (broad SMARTS) is 1. The van der Waals surface area contributed by atoms with E-state index in [1.54, 1.807) is 0 Å². The lowest BCUT2D eigenvalue weighted by Crippen LogP contribution is -2.04. The van der Waals surface area contributed by atoms with Crippen LogP contribution < -0.4 is 4.74 Å². The smallest absolute Gasteiger partial charge is 0.303 e. The number of sulfone groups is 1. The fourth-order valence-electron chi connectivity index (χ4n) is 2.11. The fourth-order valence-corrected chi connectivity index (χ4v) is 3.30. The Morgan fingerprint density at radius 3 is 2.52 bits per heavy atom. The number of rotatable bonds is 7. The van der Waals surface area contributed by atoms with Gasteiger partial charge in [0.1, 0.15) is 17.3 Å². The normalized spacial score (nSPS) is 11.3. The molecule has 8 heteroatoms. The third-order valence-electron chi connectivity index (χ3n) is 3.50. The van der Waals surface area contributed by atoms with Gasteiger partial charge in [-0.3, -0.25) is 4.79 Å². The summed E-state index contributed by atoms with van der Waals surface area (Å²) in [6.45, 7) is 1.52. The van der Waals surface area contributed by atoms with Gasteiger partial charge in [0, 0.05) is 12.5 Å². The van der Waals surface area contributed by atoms with Crippen LogP contribution >= 0.6 is 11.6 Å². The topological polar surface area (TPSA) is 80.7 Å². The summed E-state index contributed by atoms with van der Waals surface area (Å²) in [6, 6.07) is 7.79. The Hall–Kier alpha value is -2.12. The minimum Gasteiger partial charge on any atom is -0.481 e. The summed E-state index contributed by atoms with van der Waals surface area (Å²) in [5.41, 5.74) is 0.505. The molecule has 0 saturated heterocycles. The minimum absolute atomic E-state index is 0.0583. The molecule has 0 aliphatic heterocycles. The van der Waals surface area contributed by atoms with Gasteiger partial charge in [0.05, 0.1) is 15.7 Å². The van der Waals surface area contributed by atoms with Crippen LogP contribution in [0.4, 0.5) is 4.39 Å². The summed E-state index contributed by atoms with van der Waals surface area (Å²) < 4.78 is 42.8. The van der Waals surface area contributed by atoms with E-state index in [4.69, 9.17) is 21.4 Å². The van der Waals surface area contributed by atoms with Gasteiger partial charge in [-0.25, -0.2) is 12.8 Å². The number of hydrogen-bond acceptors (Lipinski definition) is 4. The van der Waals surface area contributed by atoms with Gasteiger partial charge in [0.25, 0.3) is 0 Å². The lowest BCUT2D eigenvalue weighted by molar-refractivity contribution is -0.136. The first-order chi connectivity index (χ1) is 11.7. The van der Waals surface area contributed by atoms with Crippen molar-refractivity contribution >= 4 is 27.4 Å². The number of aliphatic carboxylic acids is 1. The molecule has 1 N–H and O–H groups in total. The van der Waals surface area contributed by atoms with Gasteiger partial charge in [0.2, 0.25) is 0 Å². The highest BCUT2D eigenvalue weighted by molar-refractivity contribution is 7.91. The molecule has 0 saturated carbocycles. The van der Waals surface area contributed by atoms with Crippen LogP contribution in [0.2, 0.25) is 5.02 Å². The number of aryl methyl sites for hydroxylation is 1. The Bertz CT molecular complexity index is 896. The molecule has 2 aromatic rings. The van der Waals surface area contributed by atoms with Gasteiger partial charge in [-0.15, -0.1) is 0 Å². The summed E-state index contributed by atoms with van der Waals surface area (Å²) in [7, 11) is -3.41. The van der Waals surface area contributed by atoms with Gasteiger partial charge in [-0.2, -0.15) is 0 Å². The molecule has 134 valence electrons. The molecular formula is C17H16ClFO5S. The standard InChI is InChI=1S/C17H16ClFO5S/c1-2-25(22,23)13-6-7-15(14(18)10-13)24-16-9-12(19)5-3-11(16)4-8-17(20)21/h3,5-7,9-10H,2,4,8H2,1H3,(H,20,21). The van der Waals surface area contributed by atoms with Crippen LogP contribution in [0, 0.1) is 5.82 Å². The molecule has 0 unspecified atom stereocenters. The van der Waals surface area contributed by atoms with E-state index in [9.17, 15) is 17.6 Å². The number of benzene rings is 2. The van der Waals surface area contributed by atoms with Gasteiger partial charge in [-0.1, -0.05) is 24.6 Å². The average molecular weight is 387 g/mol. The van der Waals surface area contributed by atoms with Crippen molar-refractivity contribution in [3.8, 4) is 11.5 Å². The van der Waals surface area contributed by atoms with Crippen LogP contribution in [-0.2, 0) is 21.1 Å². The van der Waals surface area contributed by atoms with Crippen molar-refractivity contribution in [2.24, 2.45) is 0 Å². The molecule has 0 fully saturated rings. The summed E-state index contributed by atoms with van der Waals surface area (Å²) in [4.78, 5) is 10.8. The van der Waals surface area contributed by atoms with Crippen LogP contribution in [0.1, 0.15) is 18.9 Å². The molecule has 0 spiro atoms. The number of hydrogen-bond donors (Lipinski definition) is 1. The lowest BCUT2D eigenvalue weighted by Gasteiger charge is -2.13. The van der Waals surface area contributed by atoms with E-state index in [0.717, 1.165) is 6.07 Å². The third-order valence-corrected chi connectivity index (χ3v) is 5.53. The second-order valence-corrected chi connectivity index (χ2v) is 7.93. The summed E-state index contributed by atoms with van der Waals surface area (Å²) in [5, 5.41) is 8.85. The molecule has 0 amide bonds. The molecule has 5 nitrogen and oxygen atoms in total. The van der Waals surface area contributed by atoms with Crippen molar-refractivity contribution in [3.63, 3.8) is 0 Å². The summed E-state index contributed by atoms with van der Waals surface area (Å²) >= 11 is 6.08. The van der Waals surface area contributed by atoms with E-state index >= 15 is 0 Å². The molecule has 0 aliphatic carbocycles. The Morgan fingerprint density at radius 1 is 1.20 bits per heavy atom. The summed E-state index contributed by atoms with van der Waals surface area (Å²) in [6.07, 6.45) is 0.0221. The number of halogens is 2. The maximum absolute atomic E-state index is 13.5. The lowest BCUT2D eigenvalue weighted by atomic mass is 10.1. The quantitative estimate of drug-likeness (QED) is 0.775. The maximum atomic E-state index is 13.5. The van der Waals surface area contributed by atoms with E-state index in [1.165, 1.54) is 37.3 Å². The second-order valence-electron chi connectivity index (χ2n) is 5.24. The number of carbonyl (C=O) groups is 1. The molecule has 0 aliphatic rings. The zero-order chi connectivity index (χ0) is 18.6. The van der Waals surface area contributed by atoms with Crippen LogP contribution in [-0.4, -0.2) is 25.2 Å². The number of ether oxygens (including phenoxy) is 1. The Kier molecular flexibility index (Phi) is 6.02. The van der Waals surface area contributed by atoms with E-state index in [1.807, 2.05) is 0 Å². The molecule has 2 rings (SSSR count). The van der Waals surface area contributed by atoms with Crippen molar-refractivity contribution in [3.05, 3.63) is 52.8 Å².